The molecule has 0 N–H and O–H groups in total. The lowest BCUT2D eigenvalue weighted by Crippen LogP contribution is -2.64. The molecule has 1 unspecified atom stereocenters. The smallest absolute Gasteiger partial charge is 0.280 e. The third-order valence-corrected chi connectivity index (χ3v) is 5.45. The molecule has 1 aromatic heterocycles. The number of hydrogen-bond acceptors (Lipinski definition) is 5. The largest absolute Gasteiger partial charge is 0.465 e. The van der Waals surface area contributed by atoms with Gasteiger partial charge in [0.1, 0.15) is 11.6 Å². The van der Waals surface area contributed by atoms with E-state index in [1.807, 2.05) is 43.3 Å². The normalized spacial score (nSPS) is 22.0. The van der Waals surface area contributed by atoms with Gasteiger partial charge in [-0.2, -0.15) is 0 Å². The number of aryl methyl sites for hydroxylation is 1. The number of piperazine rings is 1. The molecule has 2 aliphatic heterocycles. The molecular formula is C21H24N4O3. The Bertz CT molecular complexity index is 909. The number of carbonyl (C=O) groups excluding carboxylic acids is 2. The molecule has 28 heavy (non-hydrogen) atoms. The Morgan fingerprint density at radius 1 is 1.14 bits per heavy atom. The number of fused-ring (bicyclic) bond motifs is 1. The molecule has 0 spiro atoms. The van der Waals surface area contributed by atoms with Crippen molar-refractivity contribution in [3.05, 3.63) is 48.2 Å². The molecule has 2 aromatic rings. The van der Waals surface area contributed by atoms with Gasteiger partial charge in [-0.25, -0.2) is 4.98 Å². The van der Waals surface area contributed by atoms with Crippen LogP contribution >= 0.6 is 0 Å². The summed E-state index contributed by atoms with van der Waals surface area (Å²) in [5.74, 6) is 0.810. The van der Waals surface area contributed by atoms with E-state index in [-0.39, 0.29) is 11.8 Å². The number of aromatic nitrogens is 1. The molecule has 7 heteroatoms. The number of rotatable bonds is 2. The molecular weight excluding hydrogens is 356 g/mol. The Hall–Kier alpha value is -3.09. The van der Waals surface area contributed by atoms with Crippen LogP contribution in [0.25, 0.3) is 0 Å². The lowest BCUT2D eigenvalue weighted by molar-refractivity contribution is -0.156. The van der Waals surface area contributed by atoms with E-state index in [0.29, 0.717) is 37.6 Å². The van der Waals surface area contributed by atoms with Crippen LogP contribution in [-0.2, 0) is 9.59 Å². The van der Waals surface area contributed by atoms with E-state index in [1.165, 1.54) is 4.90 Å². The monoisotopic (exact) mass is 380 g/mol. The van der Waals surface area contributed by atoms with Gasteiger partial charge in [-0.05, 0) is 43.7 Å². The lowest BCUT2D eigenvalue weighted by atomic mass is 9.98. The van der Waals surface area contributed by atoms with E-state index >= 15 is 0 Å². The lowest BCUT2D eigenvalue weighted by Gasteiger charge is -2.42. The van der Waals surface area contributed by atoms with Crippen molar-refractivity contribution in [3.8, 4) is 5.75 Å². The van der Waals surface area contributed by atoms with Crippen LogP contribution in [0.3, 0.4) is 0 Å². The van der Waals surface area contributed by atoms with Crippen LogP contribution in [0.4, 0.5) is 11.5 Å². The molecule has 3 heterocycles. The topological polar surface area (TPSA) is 66.0 Å². The zero-order valence-electron chi connectivity index (χ0n) is 16.4. The molecule has 2 amide bonds. The van der Waals surface area contributed by atoms with Gasteiger partial charge in [0.05, 0.1) is 5.69 Å². The van der Waals surface area contributed by atoms with Gasteiger partial charge in [0.25, 0.3) is 17.4 Å². The molecule has 1 aromatic carbocycles. The minimum absolute atomic E-state index is 0.295. The molecule has 1 saturated heterocycles. The molecule has 0 radical (unpaired) electrons. The maximum atomic E-state index is 13.3. The van der Waals surface area contributed by atoms with Crippen molar-refractivity contribution in [1.82, 2.24) is 9.88 Å². The van der Waals surface area contributed by atoms with Gasteiger partial charge < -0.3 is 19.4 Å². The maximum Gasteiger partial charge on any atom is 0.280 e. The number of anilines is 2. The zero-order chi connectivity index (χ0) is 19.9. The predicted octanol–water partition coefficient (Wildman–Crippen LogP) is 1.85. The van der Waals surface area contributed by atoms with Gasteiger partial charge in [0, 0.05) is 39.4 Å². The molecule has 1 atom stereocenters. The second-order valence-electron chi connectivity index (χ2n) is 7.44. The summed E-state index contributed by atoms with van der Waals surface area (Å²) in [4.78, 5) is 36.0. The first-order chi connectivity index (χ1) is 13.4. The van der Waals surface area contributed by atoms with Crippen LogP contribution in [-0.4, -0.2) is 60.5 Å². The number of ether oxygens (including phenoxy) is 1. The van der Waals surface area contributed by atoms with Gasteiger partial charge in [-0.1, -0.05) is 12.1 Å². The highest BCUT2D eigenvalue weighted by molar-refractivity contribution is 6.16. The highest BCUT2D eigenvalue weighted by Crippen LogP contribution is 2.38. The van der Waals surface area contributed by atoms with Crippen molar-refractivity contribution >= 4 is 23.3 Å². The standard InChI is InChI=1S/C21H24N4O3/c1-15-7-8-17-16(14-15)23(3)19(26)21(2,28-17)20(27)25-12-10-24(11-13-25)18-6-4-5-9-22-18/h4-9,14H,10-13H2,1-3H3. The zero-order valence-corrected chi connectivity index (χ0v) is 16.4. The fourth-order valence-corrected chi connectivity index (χ4v) is 3.79. The fourth-order valence-electron chi connectivity index (χ4n) is 3.79. The predicted molar refractivity (Wildman–Crippen MR) is 107 cm³/mol. The van der Waals surface area contributed by atoms with Gasteiger partial charge in [0.15, 0.2) is 0 Å². The van der Waals surface area contributed by atoms with Crippen LogP contribution < -0.4 is 14.5 Å². The molecule has 2 aliphatic rings. The molecule has 146 valence electrons. The van der Waals surface area contributed by atoms with Crippen LogP contribution in [0.15, 0.2) is 42.6 Å². The van der Waals surface area contributed by atoms with Crippen molar-refractivity contribution in [3.63, 3.8) is 0 Å². The first kappa shape index (κ1) is 18.3. The Labute approximate surface area is 164 Å². The number of amides is 2. The molecule has 4 rings (SSSR count). The third kappa shape index (κ3) is 2.96. The summed E-state index contributed by atoms with van der Waals surface area (Å²) in [6, 6.07) is 11.4. The number of likely N-dealkylation sites (N-methyl/N-ethyl adjacent to an activating group) is 1. The van der Waals surface area contributed by atoms with Crippen LogP contribution in [0, 0.1) is 6.92 Å². The number of carbonyl (C=O) groups is 2. The SMILES string of the molecule is Cc1ccc2c(c1)N(C)C(=O)C(C)(C(=O)N1CCN(c3ccccn3)CC1)O2. The van der Waals surface area contributed by atoms with Crippen molar-refractivity contribution in [2.24, 2.45) is 0 Å². The first-order valence-corrected chi connectivity index (χ1v) is 9.43. The van der Waals surface area contributed by atoms with Crippen molar-refractivity contribution in [1.29, 1.82) is 0 Å². The number of nitrogens with zero attached hydrogens (tertiary/aromatic N) is 4. The van der Waals surface area contributed by atoms with E-state index in [2.05, 4.69) is 9.88 Å². The van der Waals surface area contributed by atoms with E-state index in [1.54, 1.807) is 25.1 Å². The molecule has 0 bridgehead atoms. The second kappa shape index (κ2) is 6.82. The van der Waals surface area contributed by atoms with Crippen LogP contribution in [0.2, 0.25) is 0 Å². The van der Waals surface area contributed by atoms with Crippen LogP contribution in [0.5, 0.6) is 5.75 Å². The highest BCUT2D eigenvalue weighted by Gasteiger charge is 2.51. The summed E-state index contributed by atoms with van der Waals surface area (Å²) >= 11 is 0. The van der Waals surface area contributed by atoms with Gasteiger partial charge in [-0.3, -0.25) is 9.59 Å². The van der Waals surface area contributed by atoms with Gasteiger partial charge in [0.2, 0.25) is 0 Å². The Balaban J connectivity index is 1.52. The van der Waals surface area contributed by atoms with Crippen molar-refractivity contribution in [2.45, 2.75) is 19.4 Å². The van der Waals surface area contributed by atoms with E-state index in [9.17, 15) is 9.59 Å². The molecule has 1 fully saturated rings. The maximum absolute atomic E-state index is 13.3. The summed E-state index contributed by atoms with van der Waals surface area (Å²) in [5.41, 5.74) is 0.169. The first-order valence-electron chi connectivity index (χ1n) is 9.43. The quantitative estimate of drug-likeness (QED) is 0.744. The highest BCUT2D eigenvalue weighted by atomic mass is 16.5. The average molecular weight is 380 g/mol. The van der Waals surface area contributed by atoms with E-state index in [4.69, 9.17) is 4.74 Å². The average Bonchev–Trinajstić information content (AvgIpc) is 2.73. The molecule has 0 aliphatic carbocycles. The number of benzene rings is 1. The summed E-state index contributed by atoms with van der Waals surface area (Å²) in [5, 5.41) is 0. The Morgan fingerprint density at radius 3 is 2.57 bits per heavy atom. The minimum atomic E-state index is -1.55. The van der Waals surface area contributed by atoms with Crippen molar-refractivity contribution < 1.29 is 14.3 Å². The summed E-state index contributed by atoms with van der Waals surface area (Å²) in [6.45, 7) is 5.90. The fraction of sp³-hybridized carbons (Fsp3) is 0.381. The van der Waals surface area contributed by atoms with Gasteiger partial charge >= 0.3 is 0 Å². The van der Waals surface area contributed by atoms with Crippen molar-refractivity contribution in [2.75, 3.05) is 43.0 Å². The summed E-state index contributed by atoms with van der Waals surface area (Å²) in [6.07, 6.45) is 1.76. The number of pyridine rings is 1. The summed E-state index contributed by atoms with van der Waals surface area (Å²) < 4.78 is 5.98. The summed E-state index contributed by atoms with van der Waals surface area (Å²) in [7, 11) is 1.69. The second-order valence-corrected chi connectivity index (χ2v) is 7.44. The third-order valence-electron chi connectivity index (χ3n) is 5.45. The van der Waals surface area contributed by atoms with E-state index < -0.39 is 5.60 Å². The Kier molecular flexibility index (Phi) is 4.45. The molecule has 0 saturated carbocycles. The minimum Gasteiger partial charge on any atom is -0.465 e. The van der Waals surface area contributed by atoms with Crippen LogP contribution in [0.1, 0.15) is 12.5 Å². The Morgan fingerprint density at radius 2 is 1.89 bits per heavy atom. The van der Waals surface area contributed by atoms with Gasteiger partial charge in [-0.15, -0.1) is 0 Å². The van der Waals surface area contributed by atoms with E-state index in [0.717, 1.165) is 11.4 Å². The number of hydrogen-bond donors (Lipinski definition) is 0. The molecule has 7 nitrogen and oxygen atoms in total.